The molecule has 0 bridgehead atoms. The number of methoxy groups -OCH3 is 1. The van der Waals surface area contributed by atoms with Crippen molar-refractivity contribution in [3.8, 4) is 0 Å². The molecule has 0 spiro atoms. The van der Waals surface area contributed by atoms with E-state index in [2.05, 4.69) is 34.6 Å². The van der Waals surface area contributed by atoms with Crippen molar-refractivity contribution in [2.75, 3.05) is 26.9 Å². The van der Waals surface area contributed by atoms with Crippen LogP contribution in [0.1, 0.15) is 86.0 Å². The maximum atomic E-state index is 6.41. The van der Waals surface area contributed by atoms with E-state index in [1.54, 1.807) is 7.11 Å². The summed E-state index contributed by atoms with van der Waals surface area (Å²) in [7, 11) is 1.79. The second kappa shape index (κ2) is 13.1. The molecule has 1 rings (SSSR count). The van der Waals surface area contributed by atoms with Crippen LogP contribution in [0.15, 0.2) is 0 Å². The fourth-order valence-electron chi connectivity index (χ4n) is 4.08. The van der Waals surface area contributed by atoms with Crippen LogP contribution >= 0.6 is 0 Å². The van der Waals surface area contributed by atoms with Gasteiger partial charge in [0.2, 0.25) is 0 Å². The first-order chi connectivity index (χ1) is 12.6. The Hall–Kier alpha value is -0.160. The monoisotopic (exact) mass is 372 g/mol. The number of epoxide rings is 1. The zero-order valence-corrected chi connectivity index (χ0v) is 18.2. The summed E-state index contributed by atoms with van der Waals surface area (Å²) >= 11 is 0. The van der Waals surface area contributed by atoms with Crippen LogP contribution in [0.3, 0.4) is 0 Å². The zero-order chi connectivity index (χ0) is 19.4. The van der Waals surface area contributed by atoms with Crippen LogP contribution in [-0.2, 0) is 18.9 Å². The predicted molar refractivity (Wildman–Crippen MR) is 107 cm³/mol. The molecule has 1 fully saturated rings. The fraction of sp³-hybridized carbons (Fsp3) is 1.00. The standard InChI is InChI=1S/C22H44O4/c1-7-10-11-12-13-15-21(25-17-19-16-24-19)20(14-8-2)22(23-6,18(4)5)26-9-3/h18-21H,7-17H2,1-6H3. The maximum Gasteiger partial charge on any atom is 0.175 e. The lowest BCUT2D eigenvalue weighted by Gasteiger charge is -2.45. The second-order valence-electron chi connectivity index (χ2n) is 7.94. The van der Waals surface area contributed by atoms with Crippen molar-refractivity contribution in [2.24, 2.45) is 11.8 Å². The summed E-state index contributed by atoms with van der Waals surface area (Å²) < 4.78 is 24.1. The molecule has 0 amide bonds. The van der Waals surface area contributed by atoms with Gasteiger partial charge < -0.3 is 18.9 Å². The molecular formula is C22H44O4. The topological polar surface area (TPSA) is 40.2 Å². The highest BCUT2D eigenvalue weighted by Crippen LogP contribution is 2.39. The zero-order valence-electron chi connectivity index (χ0n) is 18.2. The Morgan fingerprint density at radius 1 is 1.00 bits per heavy atom. The molecule has 1 aliphatic rings. The Bertz CT molecular complexity index is 343. The molecule has 4 nitrogen and oxygen atoms in total. The highest BCUT2D eigenvalue weighted by Gasteiger charge is 2.47. The van der Waals surface area contributed by atoms with E-state index in [-0.39, 0.29) is 17.9 Å². The third-order valence-electron chi connectivity index (χ3n) is 5.55. The minimum atomic E-state index is -0.580. The third-order valence-corrected chi connectivity index (χ3v) is 5.55. The molecule has 156 valence electrons. The van der Waals surface area contributed by atoms with Gasteiger partial charge >= 0.3 is 0 Å². The van der Waals surface area contributed by atoms with Crippen molar-refractivity contribution < 1.29 is 18.9 Å². The molecule has 26 heavy (non-hydrogen) atoms. The Labute approximate surface area is 162 Å². The molecular weight excluding hydrogens is 328 g/mol. The van der Waals surface area contributed by atoms with Gasteiger partial charge in [-0.2, -0.15) is 0 Å². The van der Waals surface area contributed by atoms with E-state index in [0.29, 0.717) is 19.3 Å². The van der Waals surface area contributed by atoms with Crippen LogP contribution in [0.25, 0.3) is 0 Å². The normalized spacial score (nSPS) is 21.6. The minimum Gasteiger partial charge on any atom is -0.375 e. The molecule has 0 aromatic rings. The van der Waals surface area contributed by atoms with Gasteiger partial charge in [0.05, 0.1) is 19.3 Å². The van der Waals surface area contributed by atoms with Gasteiger partial charge in [-0.25, -0.2) is 0 Å². The summed E-state index contributed by atoms with van der Waals surface area (Å²) in [5, 5.41) is 0. The molecule has 4 unspecified atom stereocenters. The van der Waals surface area contributed by atoms with Crippen molar-refractivity contribution in [2.45, 2.75) is 104 Å². The summed E-state index contributed by atoms with van der Waals surface area (Å²) in [6.45, 7) is 13.1. The minimum absolute atomic E-state index is 0.162. The van der Waals surface area contributed by atoms with Gasteiger partial charge in [-0.1, -0.05) is 66.2 Å². The van der Waals surface area contributed by atoms with Crippen LogP contribution in [0.4, 0.5) is 0 Å². The highest BCUT2D eigenvalue weighted by atomic mass is 16.7. The smallest absolute Gasteiger partial charge is 0.175 e. The molecule has 0 aromatic carbocycles. The van der Waals surface area contributed by atoms with Crippen molar-refractivity contribution in [1.29, 1.82) is 0 Å². The van der Waals surface area contributed by atoms with E-state index in [9.17, 15) is 0 Å². The van der Waals surface area contributed by atoms with Crippen molar-refractivity contribution in [3.05, 3.63) is 0 Å². The van der Waals surface area contributed by atoms with Crippen molar-refractivity contribution in [3.63, 3.8) is 0 Å². The molecule has 1 heterocycles. The van der Waals surface area contributed by atoms with Gasteiger partial charge in [-0.05, 0) is 19.8 Å². The predicted octanol–water partition coefficient (Wildman–Crippen LogP) is 5.58. The third kappa shape index (κ3) is 7.46. The summed E-state index contributed by atoms with van der Waals surface area (Å²) in [5.41, 5.74) is 0. The summed E-state index contributed by atoms with van der Waals surface area (Å²) in [4.78, 5) is 0. The van der Waals surface area contributed by atoms with Gasteiger partial charge in [0.1, 0.15) is 6.10 Å². The van der Waals surface area contributed by atoms with Crippen LogP contribution in [-0.4, -0.2) is 44.9 Å². The quantitative estimate of drug-likeness (QED) is 0.190. The van der Waals surface area contributed by atoms with Crippen molar-refractivity contribution >= 4 is 0 Å². The van der Waals surface area contributed by atoms with Crippen LogP contribution in [0, 0.1) is 11.8 Å². The number of hydrogen-bond acceptors (Lipinski definition) is 4. The number of rotatable bonds is 17. The maximum absolute atomic E-state index is 6.41. The Kier molecular flexibility index (Phi) is 12.0. The van der Waals surface area contributed by atoms with E-state index in [0.717, 1.165) is 25.9 Å². The van der Waals surface area contributed by atoms with Crippen LogP contribution < -0.4 is 0 Å². The summed E-state index contributed by atoms with van der Waals surface area (Å²) in [6.07, 6.45) is 10.1. The first kappa shape index (κ1) is 23.9. The molecule has 0 aliphatic carbocycles. The first-order valence-electron chi connectivity index (χ1n) is 11.0. The average molecular weight is 373 g/mol. The Morgan fingerprint density at radius 2 is 1.69 bits per heavy atom. The Morgan fingerprint density at radius 3 is 2.19 bits per heavy atom. The van der Waals surface area contributed by atoms with Crippen LogP contribution in [0.2, 0.25) is 0 Å². The molecule has 0 radical (unpaired) electrons. The molecule has 0 N–H and O–H groups in total. The van der Waals surface area contributed by atoms with Gasteiger partial charge in [0.25, 0.3) is 0 Å². The van der Waals surface area contributed by atoms with Crippen LogP contribution in [0.5, 0.6) is 0 Å². The first-order valence-corrected chi connectivity index (χ1v) is 11.0. The lowest BCUT2D eigenvalue weighted by atomic mass is 9.79. The van der Waals surface area contributed by atoms with E-state index < -0.39 is 5.79 Å². The fourth-order valence-corrected chi connectivity index (χ4v) is 4.08. The largest absolute Gasteiger partial charge is 0.375 e. The van der Waals surface area contributed by atoms with E-state index >= 15 is 0 Å². The van der Waals surface area contributed by atoms with E-state index in [1.807, 2.05) is 0 Å². The second-order valence-corrected chi connectivity index (χ2v) is 7.94. The van der Waals surface area contributed by atoms with E-state index in [1.165, 1.54) is 32.1 Å². The van der Waals surface area contributed by atoms with Gasteiger partial charge in [0.15, 0.2) is 5.79 Å². The van der Waals surface area contributed by atoms with E-state index in [4.69, 9.17) is 18.9 Å². The molecule has 0 aromatic heterocycles. The van der Waals surface area contributed by atoms with Crippen molar-refractivity contribution in [1.82, 2.24) is 0 Å². The van der Waals surface area contributed by atoms with Gasteiger partial charge in [0, 0.05) is 25.6 Å². The summed E-state index contributed by atoms with van der Waals surface area (Å²) in [6, 6.07) is 0. The molecule has 0 saturated carbocycles. The number of ether oxygens (including phenoxy) is 4. The number of hydrogen-bond donors (Lipinski definition) is 0. The highest BCUT2D eigenvalue weighted by molar-refractivity contribution is 4.89. The SMILES string of the molecule is CCCCCCCC(OCC1CO1)C(CCC)C(OC)(OCC)C(C)C. The lowest BCUT2D eigenvalue weighted by molar-refractivity contribution is -0.295. The lowest BCUT2D eigenvalue weighted by Crippen LogP contribution is -2.52. The molecule has 1 aliphatic heterocycles. The average Bonchev–Trinajstić information content (AvgIpc) is 3.45. The van der Waals surface area contributed by atoms with Gasteiger partial charge in [-0.15, -0.1) is 0 Å². The molecule has 4 atom stereocenters. The molecule has 1 saturated heterocycles. The Balaban J connectivity index is 2.86. The summed E-state index contributed by atoms with van der Waals surface area (Å²) in [5.74, 6) is -0.0711. The van der Waals surface area contributed by atoms with Gasteiger partial charge in [-0.3, -0.25) is 0 Å². The molecule has 4 heteroatoms. The number of unbranched alkanes of at least 4 members (excludes halogenated alkanes) is 4.